The summed E-state index contributed by atoms with van der Waals surface area (Å²) in [6.45, 7) is 5.65. The monoisotopic (exact) mass is 269 g/mol. The molecule has 2 rings (SSSR count). The molecular weight excluding hydrogens is 250 g/mol. The zero-order valence-electron chi connectivity index (χ0n) is 11.2. The predicted octanol–water partition coefficient (Wildman–Crippen LogP) is 3.34. The second kappa shape index (κ2) is 5.35. The molecular formula is C14H20ClNO2. The zero-order chi connectivity index (χ0) is 13.3. The molecule has 2 unspecified atom stereocenters. The summed E-state index contributed by atoms with van der Waals surface area (Å²) in [4.78, 5) is 12.3. The van der Waals surface area contributed by atoms with E-state index in [4.69, 9.17) is 16.0 Å². The number of carbonyl (C=O) groups is 1. The standard InChI is InChI=1S/C14H20ClNO2/c1-8-9(2)18-10(3)13(8)14(17)16-12-6-4-5-11(12)7-15/h11-12H,4-7H2,1-3H3,(H,16,17). The van der Waals surface area contributed by atoms with Crippen molar-refractivity contribution in [3.8, 4) is 0 Å². The Morgan fingerprint density at radius 3 is 2.61 bits per heavy atom. The summed E-state index contributed by atoms with van der Waals surface area (Å²) < 4.78 is 5.50. The zero-order valence-corrected chi connectivity index (χ0v) is 11.9. The average molecular weight is 270 g/mol. The maximum Gasteiger partial charge on any atom is 0.255 e. The molecule has 1 saturated carbocycles. The van der Waals surface area contributed by atoms with Gasteiger partial charge < -0.3 is 9.73 Å². The topological polar surface area (TPSA) is 42.2 Å². The van der Waals surface area contributed by atoms with E-state index >= 15 is 0 Å². The van der Waals surface area contributed by atoms with E-state index in [1.807, 2.05) is 20.8 Å². The van der Waals surface area contributed by atoms with Crippen molar-refractivity contribution >= 4 is 17.5 Å². The maximum atomic E-state index is 12.3. The van der Waals surface area contributed by atoms with Crippen LogP contribution in [0.4, 0.5) is 0 Å². The highest BCUT2D eigenvalue weighted by Gasteiger charge is 2.29. The van der Waals surface area contributed by atoms with Gasteiger partial charge in [0.2, 0.25) is 0 Å². The van der Waals surface area contributed by atoms with Crippen molar-refractivity contribution in [2.24, 2.45) is 5.92 Å². The molecule has 3 nitrogen and oxygen atoms in total. The minimum Gasteiger partial charge on any atom is -0.466 e. The number of furan rings is 1. The van der Waals surface area contributed by atoms with Gasteiger partial charge in [0.05, 0.1) is 5.56 Å². The summed E-state index contributed by atoms with van der Waals surface area (Å²) in [5.41, 5.74) is 1.62. The van der Waals surface area contributed by atoms with E-state index < -0.39 is 0 Å². The fourth-order valence-corrected chi connectivity index (χ4v) is 3.15. The van der Waals surface area contributed by atoms with Crippen molar-refractivity contribution in [1.29, 1.82) is 0 Å². The number of hydrogen-bond acceptors (Lipinski definition) is 2. The normalized spacial score (nSPS) is 23.3. The SMILES string of the molecule is Cc1oc(C)c(C(=O)NC2CCCC2CCl)c1C. The molecule has 0 aromatic carbocycles. The summed E-state index contributed by atoms with van der Waals surface area (Å²) in [7, 11) is 0. The predicted molar refractivity (Wildman–Crippen MR) is 72.2 cm³/mol. The van der Waals surface area contributed by atoms with Crippen LogP contribution in [0.15, 0.2) is 4.42 Å². The molecule has 1 aliphatic rings. The number of carbonyl (C=O) groups excluding carboxylic acids is 1. The van der Waals surface area contributed by atoms with E-state index in [1.165, 1.54) is 0 Å². The van der Waals surface area contributed by atoms with Crippen LogP contribution < -0.4 is 5.32 Å². The molecule has 4 heteroatoms. The highest BCUT2D eigenvalue weighted by atomic mass is 35.5. The molecule has 1 aliphatic carbocycles. The molecule has 0 radical (unpaired) electrons. The first-order valence-corrected chi connectivity index (χ1v) is 7.01. The van der Waals surface area contributed by atoms with Gasteiger partial charge in [0.25, 0.3) is 5.91 Å². The van der Waals surface area contributed by atoms with Crippen LogP contribution in [0.25, 0.3) is 0 Å². The van der Waals surface area contributed by atoms with Gasteiger partial charge in [0, 0.05) is 17.5 Å². The summed E-state index contributed by atoms with van der Waals surface area (Å²) >= 11 is 5.93. The van der Waals surface area contributed by atoms with Crippen molar-refractivity contribution in [2.45, 2.75) is 46.1 Å². The van der Waals surface area contributed by atoms with Crippen LogP contribution in [-0.2, 0) is 0 Å². The lowest BCUT2D eigenvalue weighted by Gasteiger charge is -2.18. The fraction of sp³-hybridized carbons (Fsp3) is 0.643. The van der Waals surface area contributed by atoms with Gasteiger partial charge in [-0.1, -0.05) is 6.42 Å². The Kier molecular flexibility index (Phi) is 4.00. The first-order chi connectivity index (χ1) is 8.54. The van der Waals surface area contributed by atoms with Crippen molar-refractivity contribution in [3.63, 3.8) is 0 Å². The molecule has 1 amide bonds. The van der Waals surface area contributed by atoms with E-state index in [9.17, 15) is 4.79 Å². The first-order valence-electron chi connectivity index (χ1n) is 6.48. The third-order valence-corrected chi connectivity index (χ3v) is 4.36. The number of nitrogens with one attached hydrogen (secondary N) is 1. The lowest BCUT2D eigenvalue weighted by molar-refractivity contribution is 0.0928. The Bertz CT molecular complexity index is 453. The third kappa shape index (κ3) is 2.41. The molecule has 1 aromatic heterocycles. The van der Waals surface area contributed by atoms with Crippen LogP contribution in [0.3, 0.4) is 0 Å². The lowest BCUT2D eigenvalue weighted by Crippen LogP contribution is -2.38. The first kappa shape index (κ1) is 13.5. The third-order valence-electron chi connectivity index (χ3n) is 3.96. The van der Waals surface area contributed by atoms with Gasteiger partial charge in [0.1, 0.15) is 11.5 Å². The van der Waals surface area contributed by atoms with Crippen LogP contribution in [0.2, 0.25) is 0 Å². The second-order valence-electron chi connectivity index (χ2n) is 5.14. The van der Waals surface area contributed by atoms with Gasteiger partial charge in [-0.25, -0.2) is 0 Å². The van der Waals surface area contributed by atoms with Crippen molar-refractivity contribution in [3.05, 3.63) is 22.6 Å². The van der Waals surface area contributed by atoms with Crippen LogP contribution in [0.1, 0.15) is 46.7 Å². The minimum atomic E-state index is -0.0242. The Balaban J connectivity index is 2.12. The average Bonchev–Trinajstić information content (AvgIpc) is 2.85. The smallest absolute Gasteiger partial charge is 0.255 e. The van der Waals surface area contributed by atoms with Crippen LogP contribution in [0.5, 0.6) is 0 Å². The van der Waals surface area contributed by atoms with Gasteiger partial charge in [-0.3, -0.25) is 4.79 Å². The van der Waals surface area contributed by atoms with Gasteiger partial charge >= 0.3 is 0 Å². The van der Waals surface area contributed by atoms with E-state index in [0.29, 0.717) is 23.1 Å². The number of aryl methyl sites for hydroxylation is 2. The number of rotatable bonds is 3. The molecule has 0 saturated heterocycles. The Morgan fingerprint density at radius 2 is 2.06 bits per heavy atom. The molecule has 0 bridgehead atoms. The largest absolute Gasteiger partial charge is 0.466 e. The summed E-state index contributed by atoms with van der Waals surface area (Å²) in [6, 6.07) is 0.212. The van der Waals surface area contributed by atoms with Gasteiger partial charge in [-0.05, 0) is 39.5 Å². The van der Waals surface area contributed by atoms with Crippen LogP contribution >= 0.6 is 11.6 Å². The number of hydrogen-bond donors (Lipinski definition) is 1. The van der Waals surface area contributed by atoms with Gasteiger partial charge in [-0.2, -0.15) is 0 Å². The summed E-state index contributed by atoms with van der Waals surface area (Å²) in [5, 5.41) is 3.11. The molecule has 1 heterocycles. The highest BCUT2D eigenvalue weighted by molar-refractivity contribution is 6.18. The summed E-state index contributed by atoms with van der Waals surface area (Å²) in [6.07, 6.45) is 3.28. The van der Waals surface area contributed by atoms with Gasteiger partial charge in [-0.15, -0.1) is 11.6 Å². The minimum absolute atomic E-state index is 0.0242. The van der Waals surface area contributed by atoms with E-state index in [0.717, 1.165) is 30.6 Å². The molecule has 0 spiro atoms. The number of alkyl halides is 1. The summed E-state index contributed by atoms with van der Waals surface area (Å²) in [5.74, 6) is 2.52. The van der Waals surface area contributed by atoms with Crippen molar-refractivity contribution in [2.75, 3.05) is 5.88 Å². The molecule has 2 atom stereocenters. The van der Waals surface area contributed by atoms with Crippen molar-refractivity contribution < 1.29 is 9.21 Å². The quantitative estimate of drug-likeness (QED) is 0.855. The van der Waals surface area contributed by atoms with E-state index in [1.54, 1.807) is 0 Å². The maximum absolute atomic E-state index is 12.3. The Hall–Kier alpha value is -0.960. The molecule has 18 heavy (non-hydrogen) atoms. The molecule has 1 fully saturated rings. The molecule has 1 aromatic rings. The fourth-order valence-electron chi connectivity index (χ4n) is 2.78. The molecule has 0 aliphatic heterocycles. The van der Waals surface area contributed by atoms with Crippen LogP contribution in [-0.4, -0.2) is 17.8 Å². The van der Waals surface area contributed by atoms with E-state index in [-0.39, 0.29) is 11.9 Å². The van der Waals surface area contributed by atoms with E-state index in [2.05, 4.69) is 5.32 Å². The van der Waals surface area contributed by atoms with Crippen LogP contribution in [0, 0.1) is 26.7 Å². The van der Waals surface area contributed by atoms with Gasteiger partial charge in [0.15, 0.2) is 0 Å². The number of halogens is 1. The van der Waals surface area contributed by atoms with Crippen molar-refractivity contribution in [1.82, 2.24) is 5.32 Å². The Labute approximate surface area is 113 Å². The highest BCUT2D eigenvalue weighted by Crippen LogP contribution is 2.28. The lowest BCUT2D eigenvalue weighted by atomic mass is 10.0. The second-order valence-corrected chi connectivity index (χ2v) is 5.45. The molecule has 1 N–H and O–H groups in total. The molecule has 100 valence electrons. The Morgan fingerprint density at radius 1 is 1.33 bits per heavy atom. The number of amides is 1.